The normalized spacial score (nSPS) is 10.2. The molecule has 1 aromatic carbocycles. The van der Waals surface area contributed by atoms with Crippen LogP contribution in [0.25, 0.3) is 16.3 Å². The molecular formula is C15H12N4O2S. The Balaban J connectivity index is 2.18. The van der Waals surface area contributed by atoms with Gasteiger partial charge >= 0.3 is 0 Å². The predicted octanol–water partition coefficient (Wildman–Crippen LogP) is 2.88. The molecule has 2 aromatic heterocycles. The summed E-state index contributed by atoms with van der Waals surface area (Å²) in [5.74, 6) is 1.22. The second-order valence-electron chi connectivity index (χ2n) is 4.33. The highest BCUT2D eigenvalue weighted by Gasteiger charge is 2.18. The van der Waals surface area contributed by atoms with Crippen molar-refractivity contribution >= 4 is 11.3 Å². The minimum absolute atomic E-state index is 0.289. The van der Waals surface area contributed by atoms with Crippen molar-refractivity contribution in [2.24, 2.45) is 0 Å². The minimum Gasteiger partial charge on any atom is -0.493 e. The van der Waals surface area contributed by atoms with Crippen LogP contribution in [0.1, 0.15) is 5.69 Å². The Morgan fingerprint density at radius 2 is 2.00 bits per heavy atom. The minimum atomic E-state index is 0.289. The number of benzene rings is 1. The van der Waals surface area contributed by atoms with Crippen LogP contribution in [-0.2, 0) is 0 Å². The molecule has 0 amide bonds. The first-order valence-electron chi connectivity index (χ1n) is 6.40. The van der Waals surface area contributed by atoms with E-state index in [4.69, 9.17) is 9.47 Å². The molecule has 0 bridgehead atoms. The highest BCUT2D eigenvalue weighted by atomic mass is 32.1. The van der Waals surface area contributed by atoms with Gasteiger partial charge in [-0.15, -0.1) is 16.4 Å². The van der Waals surface area contributed by atoms with Gasteiger partial charge in [0.2, 0.25) is 0 Å². The highest BCUT2D eigenvalue weighted by molar-refractivity contribution is 7.13. The van der Waals surface area contributed by atoms with E-state index in [2.05, 4.69) is 16.4 Å². The first kappa shape index (κ1) is 14.1. The lowest BCUT2D eigenvalue weighted by Gasteiger charge is -2.10. The van der Waals surface area contributed by atoms with Crippen LogP contribution >= 0.6 is 11.3 Å². The van der Waals surface area contributed by atoms with Crippen LogP contribution in [0.4, 0.5) is 0 Å². The number of methoxy groups -OCH3 is 2. The van der Waals surface area contributed by atoms with Crippen molar-refractivity contribution in [3.05, 3.63) is 41.4 Å². The van der Waals surface area contributed by atoms with Crippen molar-refractivity contribution in [2.75, 3.05) is 14.2 Å². The maximum Gasteiger partial charge on any atom is 0.191 e. The second-order valence-corrected chi connectivity index (χ2v) is 5.27. The third kappa shape index (κ3) is 2.29. The standard InChI is InChI=1S/C15H12N4O2S/c1-20-12-6-5-10(8-13(12)21-2)19-15(11(9-16)17-18-19)14-4-3-7-22-14/h3-8H,1-2H3. The fourth-order valence-electron chi connectivity index (χ4n) is 2.13. The first-order chi connectivity index (χ1) is 10.8. The lowest BCUT2D eigenvalue weighted by Crippen LogP contribution is -2.00. The molecule has 0 spiro atoms. The maximum atomic E-state index is 9.25. The third-order valence-electron chi connectivity index (χ3n) is 3.14. The van der Waals surface area contributed by atoms with Crippen LogP contribution in [0.2, 0.25) is 0 Å². The van der Waals surface area contributed by atoms with Gasteiger partial charge in [-0.25, -0.2) is 4.68 Å². The number of hydrogen-bond donors (Lipinski definition) is 0. The Kier molecular flexibility index (Phi) is 3.76. The quantitative estimate of drug-likeness (QED) is 0.740. The Morgan fingerprint density at radius 1 is 1.18 bits per heavy atom. The summed E-state index contributed by atoms with van der Waals surface area (Å²) in [6.07, 6.45) is 0. The van der Waals surface area contributed by atoms with E-state index >= 15 is 0 Å². The summed E-state index contributed by atoms with van der Waals surface area (Å²) >= 11 is 1.53. The highest BCUT2D eigenvalue weighted by Crippen LogP contribution is 2.33. The fraction of sp³-hybridized carbons (Fsp3) is 0.133. The van der Waals surface area contributed by atoms with Crippen LogP contribution in [0.3, 0.4) is 0 Å². The summed E-state index contributed by atoms with van der Waals surface area (Å²) in [6, 6.07) is 11.4. The van der Waals surface area contributed by atoms with Gasteiger partial charge in [0.05, 0.1) is 24.8 Å². The van der Waals surface area contributed by atoms with E-state index in [1.54, 1.807) is 31.0 Å². The van der Waals surface area contributed by atoms with Gasteiger partial charge in [-0.05, 0) is 23.6 Å². The van der Waals surface area contributed by atoms with Gasteiger partial charge in [0.15, 0.2) is 17.2 Å². The topological polar surface area (TPSA) is 73.0 Å². The van der Waals surface area contributed by atoms with Crippen molar-refractivity contribution in [2.45, 2.75) is 0 Å². The fourth-order valence-corrected chi connectivity index (χ4v) is 2.88. The monoisotopic (exact) mass is 312 g/mol. The van der Waals surface area contributed by atoms with Gasteiger partial charge in [0.25, 0.3) is 0 Å². The molecule has 0 atom stereocenters. The van der Waals surface area contributed by atoms with Crippen molar-refractivity contribution in [3.63, 3.8) is 0 Å². The van der Waals surface area contributed by atoms with Gasteiger partial charge in [-0.2, -0.15) is 5.26 Å². The molecule has 0 aliphatic rings. The second kappa shape index (κ2) is 5.87. The van der Waals surface area contributed by atoms with Gasteiger partial charge in [-0.3, -0.25) is 0 Å². The summed E-state index contributed by atoms with van der Waals surface area (Å²) < 4.78 is 12.2. The van der Waals surface area contributed by atoms with Crippen molar-refractivity contribution in [1.29, 1.82) is 5.26 Å². The first-order valence-corrected chi connectivity index (χ1v) is 7.28. The van der Waals surface area contributed by atoms with Crippen LogP contribution < -0.4 is 9.47 Å². The van der Waals surface area contributed by atoms with E-state index in [0.717, 1.165) is 10.6 Å². The van der Waals surface area contributed by atoms with Crippen molar-refractivity contribution < 1.29 is 9.47 Å². The number of nitrogens with zero attached hydrogens (tertiary/aromatic N) is 4. The largest absolute Gasteiger partial charge is 0.493 e. The molecule has 0 unspecified atom stereocenters. The van der Waals surface area contributed by atoms with E-state index < -0.39 is 0 Å². The van der Waals surface area contributed by atoms with Crippen LogP contribution in [0.15, 0.2) is 35.7 Å². The maximum absolute atomic E-state index is 9.25. The molecule has 22 heavy (non-hydrogen) atoms. The number of nitriles is 1. The Labute approximate surface area is 131 Å². The summed E-state index contributed by atoms with van der Waals surface area (Å²) in [5, 5.41) is 19.3. The number of aromatic nitrogens is 3. The average Bonchev–Trinajstić information content (AvgIpc) is 3.22. The molecule has 0 saturated heterocycles. The van der Waals surface area contributed by atoms with Crippen LogP contribution in [0.5, 0.6) is 11.5 Å². The summed E-state index contributed by atoms with van der Waals surface area (Å²) in [6.45, 7) is 0. The zero-order valence-corrected chi connectivity index (χ0v) is 12.8. The van der Waals surface area contributed by atoms with Crippen molar-refractivity contribution in [3.8, 4) is 33.8 Å². The zero-order valence-electron chi connectivity index (χ0n) is 12.0. The molecule has 0 N–H and O–H groups in total. The van der Waals surface area contributed by atoms with Gasteiger partial charge in [-0.1, -0.05) is 11.3 Å². The molecule has 0 saturated carbocycles. The number of thiophene rings is 1. The van der Waals surface area contributed by atoms with E-state index in [-0.39, 0.29) is 5.69 Å². The smallest absolute Gasteiger partial charge is 0.191 e. The van der Waals surface area contributed by atoms with E-state index in [1.807, 2.05) is 23.6 Å². The van der Waals surface area contributed by atoms with Gasteiger partial charge in [0.1, 0.15) is 11.8 Å². The van der Waals surface area contributed by atoms with E-state index in [1.165, 1.54) is 11.3 Å². The Morgan fingerprint density at radius 3 is 2.64 bits per heavy atom. The summed E-state index contributed by atoms with van der Waals surface area (Å²) in [7, 11) is 3.15. The SMILES string of the molecule is COc1ccc(-n2nnc(C#N)c2-c2cccs2)cc1OC. The molecule has 0 aliphatic carbocycles. The molecule has 110 valence electrons. The van der Waals surface area contributed by atoms with Crippen molar-refractivity contribution in [1.82, 2.24) is 15.0 Å². The third-order valence-corrected chi connectivity index (χ3v) is 4.02. The molecular weight excluding hydrogens is 300 g/mol. The number of hydrogen-bond acceptors (Lipinski definition) is 6. The number of ether oxygens (including phenoxy) is 2. The molecule has 3 aromatic rings. The zero-order chi connectivity index (χ0) is 15.5. The van der Waals surface area contributed by atoms with Gasteiger partial charge < -0.3 is 9.47 Å². The van der Waals surface area contributed by atoms with Crippen LogP contribution in [-0.4, -0.2) is 29.2 Å². The lowest BCUT2D eigenvalue weighted by atomic mass is 10.2. The molecule has 0 radical (unpaired) electrons. The molecule has 2 heterocycles. The molecule has 0 aliphatic heterocycles. The van der Waals surface area contributed by atoms with Crippen LogP contribution in [0, 0.1) is 11.3 Å². The lowest BCUT2D eigenvalue weighted by molar-refractivity contribution is 0.354. The summed E-state index contributed by atoms with van der Waals surface area (Å²) in [4.78, 5) is 0.927. The van der Waals surface area contributed by atoms with E-state index in [9.17, 15) is 5.26 Å². The Bertz CT molecular complexity index is 834. The number of rotatable bonds is 4. The van der Waals surface area contributed by atoms with Gasteiger partial charge in [0, 0.05) is 6.07 Å². The predicted molar refractivity (Wildman–Crippen MR) is 82.5 cm³/mol. The molecule has 7 heteroatoms. The average molecular weight is 312 g/mol. The Hall–Kier alpha value is -2.85. The molecule has 6 nitrogen and oxygen atoms in total. The molecule has 0 fully saturated rings. The molecule has 3 rings (SSSR count). The summed E-state index contributed by atoms with van der Waals surface area (Å²) in [5.41, 5.74) is 1.71. The van der Waals surface area contributed by atoms with E-state index in [0.29, 0.717) is 17.2 Å².